The van der Waals surface area contributed by atoms with Crippen molar-refractivity contribution in [3.8, 4) is 0 Å². The molecule has 4 rings (SSSR count). The molecule has 1 aromatic carbocycles. The smallest absolute Gasteiger partial charge is 0.387 e. The second-order valence-corrected chi connectivity index (χ2v) is 7.74. The molecular weight excluding hydrogens is 434 g/mol. The summed E-state index contributed by atoms with van der Waals surface area (Å²) in [6, 6.07) is 8.87. The van der Waals surface area contributed by atoms with Crippen LogP contribution in [0.2, 0.25) is 0 Å². The van der Waals surface area contributed by atoms with Crippen LogP contribution in [0.5, 0.6) is 0 Å². The van der Waals surface area contributed by atoms with Crippen molar-refractivity contribution in [1.82, 2.24) is 24.4 Å². The number of nitrogen functional groups attached to an aromatic ring is 1. The maximum atomic E-state index is 13.6. The lowest BCUT2D eigenvalue weighted by Crippen LogP contribution is -2.35. The van der Waals surface area contributed by atoms with E-state index in [0.29, 0.717) is 0 Å². The van der Waals surface area contributed by atoms with Gasteiger partial charge in [0.15, 0.2) is 23.2 Å². The highest BCUT2D eigenvalue weighted by Gasteiger charge is 2.45. The molecule has 14 heteroatoms. The van der Waals surface area contributed by atoms with Gasteiger partial charge in [-0.1, -0.05) is 30.3 Å². The summed E-state index contributed by atoms with van der Waals surface area (Å²) in [6.45, 7) is -0.315. The molecular formula is C17H19FN6O6P+. The van der Waals surface area contributed by atoms with Crippen LogP contribution >= 0.6 is 8.18 Å². The number of aromatic nitrogens is 4. The Morgan fingerprint density at radius 2 is 2.00 bits per heavy atom. The Kier molecular flexibility index (Phi) is 6.16. The van der Waals surface area contributed by atoms with Gasteiger partial charge in [-0.25, -0.2) is 4.98 Å². The first kappa shape index (κ1) is 21.6. The van der Waals surface area contributed by atoms with Gasteiger partial charge in [0.2, 0.25) is 0 Å². The lowest BCUT2D eigenvalue weighted by molar-refractivity contribution is -0.149. The van der Waals surface area contributed by atoms with Crippen molar-refractivity contribution < 1.29 is 33.6 Å². The van der Waals surface area contributed by atoms with E-state index in [4.69, 9.17) is 15.3 Å². The maximum Gasteiger partial charge on any atom is 0.639 e. The Morgan fingerprint density at radius 3 is 2.71 bits per heavy atom. The molecule has 0 saturated carbocycles. The molecule has 5 N–H and O–H groups in total. The van der Waals surface area contributed by atoms with Crippen molar-refractivity contribution in [1.29, 1.82) is 0 Å². The number of anilines is 1. The molecule has 1 saturated heterocycles. The fourth-order valence-electron chi connectivity index (χ4n) is 3.25. The summed E-state index contributed by atoms with van der Waals surface area (Å²) in [6.07, 6.45) is -4.92. The lowest BCUT2D eigenvalue weighted by Gasteiger charge is -2.16. The fraction of sp³-hybridized carbons (Fsp3) is 0.353. The third-order valence-electron chi connectivity index (χ3n) is 4.77. The van der Waals surface area contributed by atoms with Crippen LogP contribution in [-0.4, -0.2) is 64.4 Å². The molecule has 5 atom stereocenters. The summed E-state index contributed by atoms with van der Waals surface area (Å²) in [5, 5.41) is 20.8. The number of imidazole rings is 1. The molecule has 0 amide bonds. The molecule has 1 aliphatic heterocycles. The fourth-order valence-corrected chi connectivity index (χ4v) is 3.70. The Bertz CT molecular complexity index is 1090. The molecule has 1 fully saturated rings. The number of benzene rings is 1. The van der Waals surface area contributed by atoms with Crippen LogP contribution in [0.4, 0.5) is 10.2 Å². The number of hydrogen-bond acceptors (Lipinski definition) is 9. The highest BCUT2D eigenvalue weighted by molar-refractivity contribution is 7.34. The second-order valence-electron chi connectivity index (χ2n) is 6.79. The van der Waals surface area contributed by atoms with Gasteiger partial charge in [-0.05, 0) is 10.1 Å². The first-order valence-corrected chi connectivity index (χ1v) is 10.3. The largest absolute Gasteiger partial charge is 0.639 e. The van der Waals surface area contributed by atoms with Crippen LogP contribution in [-0.2, 0) is 20.7 Å². The van der Waals surface area contributed by atoms with E-state index in [1.54, 1.807) is 24.3 Å². The van der Waals surface area contributed by atoms with E-state index in [1.807, 2.05) is 6.07 Å². The molecule has 164 valence electrons. The molecule has 12 nitrogen and oxygen atoms in total. The minimum absolute atomic E-state index is 0.0168. The molecule has 2 aromatic heterocycles. The van der Waals surface area contributed by atoms with Gasteiger partial charge in [0, 0.05) is 0 Å². The van der Waals surface area contributed by atoms with E-state index in [0.717, 1.165) is 10.4 Å². The number of hydroxylamine groups is 1. The first-order valence-electron chi connectivity index (χ1n) is 9.12. The SMILES string of the molecule is Nc1nc(F)nc2c1ncn2[C@@H]1O[C@H](CON(Cc2ccccc2)[P+](=O)O)[C@@H](O)[C@@H]1O. The molecule has 0 spiro atoms. The molecule has 0 bridgehead atoms. The minimum Gasteiger partial charge on any atom is -0.387 e. The molecule has 0 radical (unpaired) electrons. The highest BCUT2D eigenvalue weighted by atomic mass is 31.1. The van der Waals surface area contributed by atoms with Crippen molar-refractivity contribution in [2.75, 3.05) is 12.3 Å². The van der Waals surface area contributed by atoms with E-state index in [-0.39, 0.29) is 30.1 Å². The van der Waals surface area contributed by atoms with Crippen LogP contribution in [0.25, 0.3) is 11.2 Å². The quantitative estimate of drug-likeness (QED) is 0.220. The van der Waals surface area contributed by atoms with Gasteiger partial charge in [0.25, 0.3) is 0 Å². The van der Waals surface area contributed by atoms with Gasteiger partial charge >= 0.3 is 14.3 Å². The van der Waals surface area contributed by atoms with Gasteiger partial charge in [-0.3, -0.25) is 9.40 Å². The number of hydrogen-bond donors (Lipinski definition) is 4. The predicted octanol–water partition coefficient (Wildman–Crippen LogP) is 0.250. The number of aliphatic hydroxyl groups is 2. The average Bonchev–Trinajstić information content (AvgIpc) is 3.27. The zero-order chi connectivity index (χ0) is 22.1. The molecule has 0 aliphatic carbocycles. The van der Waals surface area contributed by atoms with Crippen LogP contribution in [0.1, 0.15) is 11.8 Å². The van der Waals surface area contributed by atoms with Gasteiger partial charge in [-0.15, -0.1) is 4.89 Å². The summed E-state index contributed by atoms with van der Waals surface area (Å²) in [5.74, 6) is -0.183. The summed E-state index contributed by atoms with van der Waals surface area (Å²) < 4.78 is 32.1. The Balaban J connectivity index is 1.48. The Morgan fingerprint density at radius 1 is 1.26 bits per heavy atom. The second kappa shape index (κ2) is 8.85. The third kappa shape index (κ3) is 4.38. The van der Waals surface area contributed by atoms with Gasteiger partial charge in [-0.2, -0.15) is 14.4 Å². The molecule has 1 aliphatic rings. The van der Waals surface area contributed by atoms with Gasteiger partial charge in [0.05, 0.1) is 17.7 Å². The van der Waals surface area contributed by atoms with Crippen molar-refractivity contribution in [3.05, 3.63) is 48.3 Å². The zero-order valence-electron chi connectivity index (χ0n) is 15.9. The van der Waals surface area contributed by atoms with Gasteiger partial charge < -0.3 is 20.7 Å². The third-order valence-corrected chi connectivity index (χ3v) is 5.41. The van der Waals surface area contributed by atoms with Gasteiger partial charge in [0.1, 0.15) is 24.9 Å². The lowest BCUT2D eigenvalue weighted by atomic mass is 10.1. The number of nitrogens with two attached hydrogens (primary N) is 1. The van der Waals surface area contributed by atoms with E-state index in [9.17, 15) is 24.1 Å². The normalized spacial score (nSPS) is 24.2. The number of rotatable bonds is 7. The summed E-state index contributed by atoms with van der Waals surface area (Å²) in [4.78, 5) is 26.7. The summed E-state index contributed by atoms with van der Waals surface area (Å²) in [7, 11) is -2.84. The number of nitrogens with zero attached hydrogens (tertiary/aromatic N) is 5. The first-order chi connectivity index (χ1) is 14.8. The van der Waals surface area contributed by atoms with Crippen molar-refractivity contribution >= 4 is 25.2 Å². The van der Waals surface area contributed by atoms with Crippen LogP contribution in [0.15, 0.2) is 36.7 Å². The van der Waals surface area contributed by atoms with E-state index in [2.05, 4.69) is 15.0 Å². The number of halogens is 1. The van der Waals surface area contributed by atoms with Crippen LogP contribution in [0, 0.1) is 6.08 Å². The molecule has 3 heterocycles. The minimum atomic E-state index is -2.84. The molecule has 1 unspecified atom stereocenters. The zero-order valence-corrected chi connectivity index (χ0v) is 16.8. The number of fused-ring (bicyclic) bond motifs is 1. The maximum absolute atomic E-state index is 13.6. The van der Waals surface area contributed by atoms with Crippen molar-refractivity contribution in [2.45, 2.75) is 31.1 Å². The molecule has 31 heavy (non-hydrogen) atoms. The highest BCUT2D eigenvalue weighted by Crippen LogP contribution is 2.33. The summed E-state index contributed by atoms with van der Waals surface area (Å²) >= 11 is 0. The predicted molar refractivity (Wildman–Crippen MR) is 103 cm³/mol. The van der Waals surface area contributed by atoms with E-state index >= 15 is 0 Å². The Labute approximate surface area is 175 Å². The summed E-state index contributed by atoms with van der Waals surface area (Å²) in [5.41, 5.74) is 6.45. The van der Waals surface area contributed by atoms with Crippen molar-refractivity contribution in [2.24, 2.45) is 0 Å². The standard InChI is InChI=1S/C17H18FN6O6P/c18-17-21-14(19)11-15(22-17)23(8-20-11)16-13(26)12(25)10(30-16)7-29-24(31(27)28)6-9-4-2-1-3-5-9/h1-5,8,10,12-13,16,25-26H,6-7H2,(H2-,19,21,22,27,28)/p+1/t10-,12-,13+,16-/m1/s1. The molecule has 3 aromatic rings. The van der Waals surface area contributed by atoms with Crippen molar-refractivity contribution in [3.63, 3.8) is 0 Å². The monoisotopic (exact) mass is 453 g/mol. The number of ether oxygens (including phenoxy) is 1. The van der Waals surface area contributed by atoms with E-state index < -0.39 is 38.8 Å². The average molecular weight is 453 g/mol. The van der Waals surface area contributed by atoms with Crippen LogP contribution < -0.4 is 5.73 Å². The number of aliphatic hydroxyl groups excluding tert-OH is 2. The van der Waals surface area contributed by atoms with E-state index in [1.165, 1.54) is 10.9 Å². The van der Waals surface area contributed by atoms with Crippen LogP contribution in [0.3, 0.4) is 0 Å². The Hall–Kier alpha value is -2.64. The topological polar surface area (TPSA) is 169 Å².